The van der Waals surface area contributed by atoms with Crippen molar-refractivity contribution in [1.82, 2.24) is 0 Å². The lowest BCUT2D eigenvalue weighted by Crippen LogP contribution is -1.98. The highest BCUT2D eigenvalue weighted by Crippen LogP contribution is 2.27. The molecule has 0 bridgehead atoms. The summed E-state index contributed by atoms with van der Waals surface area (Å²) in [6.45, 7) is 0. The maximum absolute atomic E-state index is 13.5. The van der Waals surface area contributed by atoms with Crippen molar-refractivity contribution in [3.05, 3.63) is 47.8 Å². The van der Waals surface area contributed by atoms with E-state index in [0.717, 1.165) is 0 Å². The van der Waals surface area contributed by atoms with Gasteiger partial charge in [0, 0.05) is 11.8 Å². The maximum atomic E-state index is 13.5. The average Bonchev–Trinajstić information content (AvgIpc) is 2.30. The van der Waals surface area contributed by atoms with Gasteiger partial charge in [-0.25, -0.2) is 4.39 Å². The van der Waals surface area contributed by atoms with Gasteiger partial charge in [-0.2, -0.15) is 0 Å². The highest BCUT2D eigenvalue weighted by molar-refractivity contribution is 5.86. The molecule has 1 nitrogen and oxygen atoms in total. The van der Waals surface area contributed by atoms with Crippen LogP contribution in [0.15, 0.2) is 36.4 Å². The van der Waals surface area contributed by atoms with Crippen molar-refractivity contribution in [3.8, 4) is 12.3 Å². The first-order valence-electron chi connectivity index (χ1n) is 5.02. The second kappa shape index (κ2) is 4.34. The Kier molecular flexibility index (Phi) is 2.89. The third-order valence-electron chi connectivity index (χ3n) is 2.57. The summed E-state index contributed by atoms with van der Waals surface area (Å²) in [7, 11) is 0. The largest absolute Gasteiger partial charge is 0.387 e. The second-order valence-electron chi connectivity index (χ2n) is 3.61. The monoisotopic (exact) mass is 214 g/mol. The van der Waals surface area contributed by atoms with Crippen molar-refractivity contribution in [3.63, 3.8) is 0 Å². The van der Waals surface area contributed by atoms with Gasteiger partial charge in [0.2, 0.25) is 0 Å². The first kappa shape index (κ1) is 10.7. The molecule has 0 saturated carbocycles. The quantitative estimate of drug-likeness (QED) is 0.762. The van der Waals surface area contributed by atoms with E-state index in [4.69, 9.17) is 6.42 Å². The van der Waals surface area contributed by atoms with Crippen LogP contribution in [0.1, 0.15) is 18.1 Å². The van der Waals surface area contributed by atoms with Crippen LogP contribution in [0.5, 0.6) is 0 Å². The number of fused-ring (bicyclic) bond motifs is 1. The number of rotatable bonds is 2. The number of halogens is 1. The fourth-order valence-electron chi connectivity index (χ4n) is 1.80. The van der Waals surface area contributed by atoms with Crippen molar-refractivity contribution < 1.29 is 9.50 Å². The van der Waals surface area contributed by atoms with Crippen LogP contribution >= 0.6 is 0 Å². The van der Waals surface area contributed by atoms with E-state index in [1.54, 1.807) is 24.3 Å². The molecule has 1 atom stereocenters. The first-order valence-corrected chi connectivity index (χ1v) is 5.02. The van der Waals surface area contributed by atoms with Gasteiger partial charge in [0.05, 0.1) is 6.10 Å². The number of benzene rings is 2. The minimum atomic E-state index is -0.740. The Morgan fingerprint density at radius 1 is 1.19 bits per heavy atom. The second-order valence-corrected chi connectivity index (χ2v) is 3.61. The van der Waals surface area contributed by atoms with Gasteiger partial charge in [-0.15, -0.1) is 12.3 Å². The normalized spacial score (nSPS) is 12.3. The molecule has 80 valence electrons. The van der Waals surface area contributed by atoms with E-state index in [1.165, 1.54) is 6.07 Å². The lowest BCUT2D eigenvalue weighted by molar-refractivity contribution is 0.185. The smallest absolute Gasteiger partial charge is 0.131 e. The Labute approximate surface area is 93.5 Å². The summed E-state index contributed by atoms with van der Waals surface area (Å²) in [6, 6.07) is 10.00. The average molecular weight is 214 g/mol. The van der Waals surface area contributed by atoms with Gasteiger partial charge in [-0.3, -0.25) is 0 Å². The molecule has 0 aliphatic carbocycles. The summed E-state index contributed by atoms with van der Waals surface area (Å²) >= 11 is 0. The molecule has 0 fully saturated rings. The molecule has 0 radical (unpaired) electrons. The molecular weight excluding hydrogens is 203 g/mol. The minimum absolute atomic E-state index is 0.232. The minimum Gasteiger partial charge on any atom is -0.387 e. The molecular formula is C14H11FO. The number of terminal acetylenes is 1. The molecule has 0 saturated heterocycles. The van der Waals surface area contributed by atoms with Crippen molar-refractivity contribution >= 4 is 10.8 Å². The summed E-state index contributed by atoms with van der Waals surface area (Å²) < 4.78 is 13.5. The Morgan fingerprint density at radius 3 is 2.56 bits per heavy atom. The topological polar surface area (TPSA) is 20.2 Å². The van der Waals surface area contributed by atoms with E-state index in [-0.39, 0.29) is 12.2 Å². The molecule has 2 rings (SSSR count). The predicted octanol–water partition coefficient (Wildman–Crippen LogP) is 3.04. The third kappa shape index (κ3) is 1.78. The fourth-order valence-corrected chi connectivity index (χ4v) is 1.80. The van der Waals surface area contributed by atoms with Crippen molar-refractivity contribution in [2.24, 2.45) is 0 Å². The highest BCUT2D eigenvalue weighted by atomic mass is 19.1. The molecule has 2 aromatic carbocycles. The first-order chi connectivity index (χ1) is 7.74. The summed E-state index contributed by atoms with van der Waals surface area (Å²) in [5, 5.41) is 11.1. The molecule has 0 heterocycles. The molecule has 0 spiro atoms. The van der Waals surface area contributed by atoms with Crippen LogP contribution < -0.4 is 0 Å². The molecule has 0 aromatic heterocycles. The molecule has 2 aromatic rings. The zero-order chi connectivity index (χ0) is 11.5. The Morgan fingerprint density at radius 2 is 1.88 bits per heavy atom. The molecule has 0 aliphatic heterocycles. The number of hydrogen-bond donors (Lipinski definition) is 1. The van der Waals surface area contributed by atoms with Gasteiger partial charge >= 0.3 is 0 Å². The molecule has 0 amide bonds. The SMILES string of the molecule is C#CCC(O)c1ccc(F)c2ccccc12. The third-order valence-corrected chi connectivity index (χ3v) is 2.57. The maximum Gasteiger partial charge on any atom is 0.131 e. The van der Waals surface area contributed by atoms with Crippen molar-refractivity contribution in [1.29, 1.82) is 0 Å². The van der Waals surface area contributed by atoms with Crippen LogP contribution in [-0.2, 0) is 0 Å². The van der Waals surface area contributed by atoms with E-state index in [1.807, 2.05) is 6.07 Å². The van der Waals surface area contributed by atoms with Crippen LogP contribution in [0.3, 0.4) is 0 Å². The molecule has 2 heteroatoms. The Bertz CT molecular complexity index is 554. The molecule has 1 unspecified atom stereocenters. The van der Waals surface area contributed by atoms with Crippen LogP contribution in [0.25, 0.3) is 10.8 Å². The highest BCUT2D eigenvalue weighted by Gasteiger charge is 2.11. The van der Waals surface area contributed by atoms with Crippen molar-refractivity contribution in [2.45, 2.75) is 12.5 Å². The summed E-state index contributed by atoms with van der Waals surface area (Å²) in [6.07, 6.45) is 4.65. The standard InChI is InChI=1S/C14H11FO/c1-2-5-14(16)12-8-9-13(15)11-7-4-3-6-10(11)12/h1,3-4,6-9,14,16H,5H2. The summed E-state index contributed by atoms with van der Waals surface area (Å²) in [5.41, 5.74) is 0.676. The Balaban J connectivity index is 2.63. The van der Waals surface area contributed by atoms with Crippen LogP contribution in [0.2, 0.25) is 0 Å². The van der Waals surface area contributed by atoms with E-state index in [9.17, 15) is 9.50 Å². The number of aliphatic hydroxyl groups is 1. The zero-order valence-corrected chi connectivity index (χ0v) is 8.65. The van der Waals surface area contributed by atoms with Gasteiger partial charge in [0.25, 0.3) is 0 Å². The number of hydrogen-bond acceptors (Lipinski definition) is 1. The Hall–Kier alpha value is -1.85. The van der Waals surface area contributed by atoms with Gasteiger partial charge in [0.1, 0.15) is 5.82 Å². The predicted molar refractivity (Wildman–Crippen MR) is 62.3 cm³/mol. The van der Waals surface area contributed by atoms with Gasteiger partial charge in [-0.1, -0.05) is 30.3 Å². The van der Waals surface area contributed by atoms with Crippen LogP contribution in [0.4, 0.5) is 4.39 Å². The molecule has 16 heavy (non-hydrogen) atoms. The fraction of sp³-hybridized carbons (Fsp3) is 0.143. The lowest BCUT2D eigenvalue weighted by Gasteiger charge is -2.11. The zero-order valence-electron chi connectivity index (χ0n) is 8.65. The lowest BCUT2D eigenvalue weighted by atomic mass is 9.98. The van der Waals surface area contributed by atoms with Gasteiger partial charge in [0.15, 0.2) is 0 Å². The van der Waals surface area contributed by atoms with E-state index >= 15 is 0 Å². The van der Waals surface area contributed by atoms with Crippen molar-refractivity contribution in [2.75, 3.05) is 0 Å². The van der Waals surface area contributed by atoms with E-state index in [0.29, 0.717) is 16.3 Å². The van der Waals surface area contributed by atoms with E-state index < -0.39 is 6.10 Å². The van der Waals surface area contributed by atoms with E-state index in [2.05, 4.69) is 5.92 Å². The van der Waals surface area contributed by atoms with Gasteiger partial charge in [-0.05, 0) is 17.0 Å². The molecule has 1 N–H and O–H groups in total. The van der Waals surface area contributed by atoms with Crippen LogP contribution in [-0.4, -0.2) is 5.11 Å². The molecule has 0 aliphatic rings. The number of aliphatic hydroxyl groups excluding tert-OH is 1. The van der Waals surface area contributed by atoms with Crippen LogP contribution in [0, 0.1) is 18.2 Å². The van der Waals surface area contributed by atoms with Gasteiger partial charge < -0.3 is 5.11 Å². The summed E-state index contributed by atoms with van der Waals surface area (Å²) in [4.78, 5) is 0. The summed E-state index contributed by atoms with van der Waals surface area (Å²) in [5.74, 6) is 2.12.